The zero-order valence-electron chi connectivity index (χ0n) is 15.0. The summed E-state index contributed by atoms with van der Waals surface area (Å²) in [5, 5.41) is 3.52. The molecule has 6 nitrogen and oxygen atoms in total. The fraction of sp³-hybridized carbons (Fsp3) is 0.579. The van der Waals surface area contributed by atoms with Crippen molar-refractivity contribution in [3.05, 3.63) is 33.9 Å². The first kappa shape index (κ1) is 17.7. The lowest BCUT2D eigenvalue weighted by atomic mass is 9.92. The maximum atomic E-state index is 12.6. The molecule has 1 amide bonds. The number of hydrogen-bond donors (Lipinski definition) is 3. The van der Waals surface area contributed by atoms with Crippen LogP contribution in [0.3, 0.4) is 0 Å². The Balaban J connectivity index is 1.61. The van der Waals surface area contributed by atoms with Crippen molar-refractivity contribution < 1.29 is 9.53 Å². The third-order valence-electron chi connectivity index (χ3n) is 5.03. The Morgan fingerprint density at radius 3 is 2.72 bits per heavy atom. The van der Waals surface area contributed by atoms with Gasteiger partial charge >= 0.3 is 0 Å². The number of nitrogens with one attached hydrogen (secondary N) is 3. The number of aromatic nitrogens is 2. The molecule has 0 bridgehead atoms. The summed E-state index contributed by atoms with van der Waals surface area (Å²) in [7, 11) is 0. The highest BCUT2D eigenvalue weighted by molar-refractivity contribution is 6.07. The van der Waals surface area contributed by atoms with E-state index in [4.69, 9.17) is 4.74 Å². The van der Waals surface area contributed by atoms with Crippen LogP contribution in [0.4, 0.5) is 0 Å². The molecule has 1 aliphatic rings. The van der Waals surface area contributed by atoms with Crippen LogP contribution < -0.4 is 10.9 Å². The van der Waals surface area contributed by atoms with E-state index >= 15 is 0 Å². The Labute approximate surface area is 147 Å². The van der Waals surface area contributed by atoms with Gasteiger partial charge in [-0.3, -0.25) is 9.59 Å². The summed E-state index contributed by atoms with van der Waals surface area (Å²) in [6.07, 6.45) is 9.63. The second-order valence-electron chi connectivity index (χ2n) is 6.92. The Morgan fingerprint density at radius 2 is 2.00 bits per heavy atom. The molecule has 0 aromatic carbocycles. The lowest BCUT2D eigenvalue weighted by Crippen LogP contribution is -2.39. The van der Waals surface area contributed by atoms with Crippen LogP contribution in [-0.4, -0.2) is 34.6 Å². The molecule has 0 spiro atoms. The van der Waals surface area contributed by atoms with E-state index < -0.39 is 0 Å². The van der Waals surface area contributed by atoms with Crippen LogP contribution in [-0.2, 0) is 4.74 Å². The highest BCUT2D eigenvalue weighted by Crippen LogP contribution is 2.23. The summed E-state index contributed by atoms with van der Waals surface area (Å²) in [6.45, 7) is 4.89. The average Bonchev–Trinajstić information content (AvgIpc) is 3.06. The number of carbonyl (C=O) groups is 1. The van der Waals surface area contributed by atoms with Gasteiger partial charge in [-0.2, -0.15) is 0 Å². The molecule has 0 radical (unpaired) electrons. The van der Waals surface area contributed by atoms with Gasteiger partial charge in [-0.15, -0.1) is 0 Å². The maximum Gasteiger partial charge on any atom is 0.258 e. The number of fused-ring (bicyclic) bond motifs is 1. The highest BCUT2D eigenvalue weighted by Gasteiger charge is 2.24. The fourth-order valence-corrected chi connectivity index (χ4v) is 3.50. The monoisotopic (exact) mass is 345 g/mol. The average molecular weight is 345 g/mol. The summed E-state index contributed by atoms with van der Waals surface area (Å²) in [4.78, 5) is 30.5. The predicted molar refractivity (Wildman–Crippen MR) is 98.0 cm³/mol. The van der Waals surface area contributed by atoms with E-state index in [0.29, 0.717) is 17.1 Å². The second-order valence-corrected chi connectivity index (χ2v) is 6.92. The largest absolute Gasteiger partial charge is 0.378 e. The Morgan fingerprint density at radius 1 is 1.24 bits per heavy atom. The van der Waals surface area contributed by atoms with E-state index in [1.807, 2.05) is 6.92 Å². The van der Waals surface area contributed by atoms with Gasteiger partial charge in [0.05, 0.1) is 22.6 Å². The Kier molecular flexibility index (Phi) is 5.58. The number of pyridine rings is 1. The van der Waals surface area contributed by atoms with Gasteiger partial charge in [0.15, 0.2) is 0 Å². The van der Waals surface area contributed by atoms with E-state index in [1.54, 1.807) is 12.4 Å². The SMILES string of the molecule is CCCCOC1CCC(NC(=O)c2c[nH]c3c(C)c[nH]c(=O)c23)CC1. The Hall–Kier alpha value is -2.08. The molecule has 6 heteroatoms. The zero-order chi connectivity index (χ0) is 17.8. The first-order valence-corrected chi connectivity index (χ1v) is 9.22. The molecular formula is C19H27N3O3. The number of hydrogen-bond acceptors (Lipinski definition) is 3. The van der Waals surface area contributed by atoms with Crippen LogP contribution in [0.2, 0.25) is 0 Å². The van der Waals surface area contributed by atoms with Crippen molar-refractivity contribution in [3.8, 4) is 0 Å². The first-order chi connectivity index (χ1) is 12.1. The van der Waals surface area contributed by atoms with Crippen molar-refractivity contribution in [2.24, 2.45) is 0 Å². The van der Waals surface area contributed by atoms with Crippen LogP contribution >= 0.6 is 0 Å². The van der Waals surface area contributed by atoms with Gasteiger partial charge in [0.1, 0.15) is 0 Å². The molecule has 3 rings (SSSR count). The lowest BCUT2D eigenvalue weighted by Gasteiger charge is -2.29. The minimum Gasteiger partial charge on any atom is -0.378 e. The number of aryl methyl sites for hydroxylation is 1. The van der Waals surface area contributed by atoms with Gasteiger partial charge in [0.2, 0.25) is 0 Å². The summed E-state index contributed by atoms with van der Waals surface area (Å²) in [5.74, 6) is -0.183. The van der Waals surface area contributed by atoms with Crippen molar-refractivity contribution in [2.45, 2.75) is 64.5 Å². The van der Waals surface area contributed by atoms with Crippen molar-refractivity contribution in [1.82, 2.24) is 15.3 Å². The van der Waals surface area contributed by atoms with Crippen LogP contribution in [0, 0.1) is 6.92 Å². The summed E-state index contributed by atoms with van der Waals surface area (Å²) < 4.78 is 5.87. The predicted octanol–water partition coefficient (Wildman–Crippen LogP) is 3.02. The fourth-order valence-electron chi connectivity index (χ4n) is 3.50. The minimum absolute atomic E-state index is 0.146. The van der Waals surface area contributed by atoms with Crippen molar-refractivity contribution in [1.29, 1.82) is 0 Å². The number of carbonyl (C=O) groups excluding carboxylic acids is 1. The third kappa shape index (κ3) is 3.95. The summed E-state index contributed by atoms with van der Waals surface area (Å²) in [5.41, 5.74) is 1.82. The number of aromatic amines is 2. The molecule has 0 aliphatic heterocycles. The quantitative estimate of drug-likeness (QED) is 0.703. The topological polar surface area (TPSA) is 87.0 Å². The molecule has 3 N–H and O–H groups in total. The number of amides is 1. The molecule has 1 fully saturated rings. The molecule has 0 saturated heterocycles. The van der Waals surface area contributed by atoms with Gasteiger partial charge in [0.25, 0.3) is 11.5 Å². The van der Waals surface area contributed by atoms with E-state index in [9.17, 15) is 9.59 Å². The second kappa shape index (κ2) is 7.87. The summed E-state index contributed by atoms with van der Waals surface area (Å²) in [6, 6.07) is 0.146. The van der Waals surface area contributed by atoms with Gasteiger partial charge in [0, 0.05) is 25.0 Å². The zero-order valence-corrected chi connectivity index (χ0v) is 15.0. The molecule has 136 valence electrons. The molecular weight excluding hydrogens is 318 g/mol. The standard InChI is InChI=1S/C19H27N3O3/c1-3-4-9-25-14-7-5-13(6-8-14)22-18(23)15-11-20-17-12(2)10-21-19(24)16(15)17/h10-11,13-14,20H,3-9H2,1-2H3,(H,21,24)(H,22,23). The lowest BCUT2D eigenvalue weighted by molar-refractivity contribution is 0.0209. The summed E-state index contributed by atoms with van der Waals surface area (Å²) >= 11 is 0. The van der Waals surface area contributed by atoms with E-state index in [2.05, 4.69) is 22.2 Å². The number of ether oxygens (including phenoxy) is 1. The van der Waals surface area contributed by atoms with Gasteiger partial charge in [-0.1, -0.05) is 13.3 Å². The van der Waals surface area contributed by atoms with E-state index in [-0.39, 0.29) is 17.5 Å². The third-order valence-corrected chi connectivity index (χ3v) is 5.03. The molecule has 0 unspecified atom stereocenters. The molecule has 2 heterocycles. The highest BCUT2D eigenvalue weighted by atomic mass is 16.5. The first-order valence-electron chi connectivity index (χ1n) is 9.22. The molecule has 2 aromatic rings. The molecule has 0 atom stereocenters. The maximum absolute atomic E-state index is 12.6. The Bertz CT molecular complexity index is 785. The van der Waals surface area contributed by atoms with Crippen molar-refractivity contribution in [3.63, 3.8) is 0 Å². The van der Waals surface area contributed by atoms with E-state index in [1.165, 1.54) is 0 Å². The van der Waals surface area contributed by atoms with Gasteiger partial charge in [-0.05, 0) is 44.6 Å². The molecule has 25 heavy (non-hydrogen) atoms. The molecule has 2 aromatic heterocycles. The number of rotatable bonds is 6. The number of unbranched alkanes of at least 4 members (excludes halogenated alkanes) is 1. The van der Waals surface area contributed by atoms with Crippen molar-refractivity contribution >= 4 is 16.8 Å². The van der Waals surface area contributed by atoms with Crippen LogP contribution in [0.25, 0.3) is 10.9 Å². The van der Waals surface area contributed by atoms with Crippen molar-refractivity contribution in [2.75, 3.05) is 6.61 Å². The smallest absolute Gasteiger partial charge is 0.258 e. The van der Waals surface area contributed by atoms with Gasteiger partial charge < -0.3 is 20.0 Å². The number of H-pyrrole nitrogens is 2. The molecule has 1 saturated carbocycles. The van der Waals surface area contributed by atoms with Crippen LogP contribution in [0.1, 0.15) is 61.4 Å². The normalized spacial score (nSPS) is 20.7. The van der Waals surface area contributed by atoms with Gasteiger partial charge in [-0.25, -0.2) is 0 Å². The van der Waals surface area contributed by atoms with Crippen LogP contribution in [0.5, 0.6) is 0 Å². The molecule has 1 aliphatic carbocycles. The van der Waals surface area contributed by atoms with Crippen LogP contribution in [0.15, 0.2) is 17.2 Å². The van der Waals surface area contributed by atoms with E-state index in [0.717, 1.165) is 56.2 Å². The minimum atomic E-state index is -0.236.